The molecule has 128 valence electrons. The SMILES string of the molecule is COC(=O)C1=C(C(=O)OC)[C@@H]2N(O1)[C@@H](c1ccccc1)CC2(C)C. The molecule has 0 aliphatic carbocycles. The molecule has 2 heterocycles. The molecule has 6 heteroatoms. The Morgan fingerprint density at radius 2 is 1.75 bits per heavy atom. The van der Waals surface area contributed by atoms with Crippen molar-refractivity contribution >= 4 is 11.9 Å². The number of hydrogen-bond donors (Lipinski definition) is 0. The first-order chi connectivity index (χ1) is 11.4. The summed E-state index contributed by atoms with van der Waals surface area (Å²) in [6, 6.07) is 9.46. The molecule has 1 aromatic carbocycles. The van der Waals surface area contributed by atoms with Crippen LogP contribution in [0.1, 0.15) is 31.9 Å². The first-order valence-corrected chi connectivity index (χ1v) is 7.82. The second-order valence-electron chi connectivity index (χ2n) is 6.70. The van der Waals surface area contributed by atoms with Gasteiger partial charge in [-0.05, 0) is 17.4 Å². The quantitative estimate of drug-likeness (QED) is 0.792. The van der Waals surface area contributed by atoms with Crippen LogP contribution in [0.5, 0.6) is 0 Å². The summed E-state index contributed by atoms with van der Waals surface area (Å²) >= 11 is 0. The van der Waals surface area contributed by atoms with Crippen molar-refractivity contribution in [2.24, 2.45) is 5.41 Å². The molecule has 24 heavy (non-hydrogen) atoms. The van der Waals surface area contributed by atoms with Crippen LogP contribution >= 0.6 is 0 Å². The maximum Gasteiger partial charge on any atom is 0.376 e. The van der Waals surface area contributed by atoms with Gasteiger partial charge in [-0.3, -0.25) is 0 Å². The van der Waals surface area contributed by atoms with Crippen molar-refractivity contribution in [1.82, 2.24) is 5.06 Å². The highest BCUT2D eigenvalue weighted by Gasteiger charge is 2.58. The fourth-order valence-corrected chi connectivity index (χ4v) is 3.63. The molecular weight excluding hydrogens is 310 g/mol. The van der Waals surface area contributed by atoms with Crippen LogP contribution in [0.2, 0.25) is 0 Å². The number of nitrogens with zero attached hydrogens (tertiary/aromatic N) is 1. The fourth-order valence-electron chi connectivity index (χ4n) is 3.63. The molecule has 0 aromatic heterocycles. The predicted molar refractivity (Wildman–Crippen MR) is 85.4 cm³/mol. The lowest BCUT2D eigenvalue weighted by Gasteiger charge is -2.26. The molecule has 2 aliphatic rings. The van der Waals surface area contributed by atoms with Crippen molar-refractivity contribution in [2.75, 3.05) is 14.2 Å². The summed E-state index contributed by atoms with van der Waals surface area (Å²) in [5, 5.41) is 1.73. The molecule has 1 fully saturated rings. The monoisotopic (exact) mass is 331 g/mol. The van der Waals surface area contributed by atoms with E-state index in [4.69, 9.17) is 14.3 Å². The van der Waals surface area contributed by atoms with Crippen LogP contribution < -0.4 is 0 Å². The van der Waals surface area contributed by atoms with E-state index in [1.165, 1.54) is 14.2 Å². The molecule has 0 saturated carbocycles. The van der Waals surface area contributed by atoms with Crippen molar-refractivity contribution in [3.05, 3.63) is 47.2 Å². The second kappa shape index (κ2) is 5.94. The van der Waals surface area contributed by atoms with Crippen molar-refractivity contribution in [3.8, 4) is 0 Å². The first-order valence-electron chi connectivity index (χ1n) is 7.82. The summed E-state index contributed by atoms with van der Waals surface area (Å²) in [6.45, 7) is 4.11. The lowest BCUT2D eigenvalue weighted by molar-refractivity contribution is -0.163. The average Bonchev–Trinajstić information content (AvgIpc) is 3.10. The Bertz CT molecular complexity index is 695. The fraction of sp³-hybridized carbons (Fsp3) is 0.444. The minimum atomic E-state index is -0.674. The Morgan fingerprint density at radius 1 is 1.12 bits per heavy atom. The Labute approximate surface area is 140 Å². The van der Waals surface area contributed by atoms with E-state index in [-0.39, 0.29) is 28.8 Å². The topological polar surface area (TPSA) is 65.1 Å². The maximum absolute atomic E-state index is 12.3. The summed E-state index contributed by atoms with van der Waals surface area (Å²) in [4.78, 5) is 30.2. The van der Waals surface area contributed by atoms with Gasteiger partial charge in [0.15, 0.2) is 0 Å². The van der Waals surface area contributed by atoms with E-state index in [1.54, 1.807) is 5.06 Å². The zero-order valence-electron chi connectivity index (χ0n) is 14.2. The molecule has 0 N–H and O–H groups in total. The predicted octanol–water partition coefficient (Wildman–Crippen LogP) is 2.37. The van der Waals surface area contributed by atoms with E-state index in [9.17, 15) is 9.59 Å². The maximum atomic E-state index is 12.3. The van der Waals surface area contributed by atoms with Crippen LogP contribution in [0.15, 0.2) is 41.7 Å². The molecular formula is C18H21NO5. The molecule has 2 atom stereocenters. The molecule has 2 aliphatic heterocycles. The standard InChI is InChI=1S/C18H21NO5/c1-18(2)10-12(11-8-6-5-7-9-11)19-15(18)13(16(20)22-3)14(24-19)17(21)23-4/h5-9,12,15H,10H2,1-4H3/t12-,15+/m1/s1. The van der Waals surface area contributed by atoms with E-state index < -0.39 is 11.9 Å². The Hall–Kier alpha value is -2.34. The van der Waals surface area contributed by atoms with Crippen LogP contribution in [0.3, 0.4) is 0 Å². The number of carbonyl (C=O) groups is 2. The number of methoxy groups -OCH3 is 2. The third-order valence-electron chi connectivity index (χ3n) is 4.70. The Morgan fingerprint density at radius 3 is 2.33 bits per heavy atom. The number of benzene rings is 1. The second-order valence-corrected chi connectivity index (χ2v) is 6.70. The van der Waals surface area contributed by atoms with Crippen LogP contribution in [-0.4, -0.2) is 37.3 Å². The molecule has 0 radical (unpaired) electrons. The van der Waals surface area contributed by atoms with Gasteiger partial charge in [-0.1, -0.05) is 44.2 Å². The molecule has 0 bridgehead atoms. The third-order valence-corrected chi connectivity index (χ3v) is 4.70. The van der Waals surface area contributed by atoms with Gasteiger partial charge in [0, 0.05) is 0 Å². The van der Waals surface area contributed by atoms with Gasteiger partial charge in [0.1, 0.15) is 5.57 Å². The molecule has 0 spiro atoms. The van der Waals surface area contributed by atoms with Crippen molar-refractivity contribution in [1.29, 1.82) is 0 Å². The number of hydrogen-bond acceptors (Lipinski definition) is 6. The van der Waals surface area contributed by atoms with Crippen molar-refractivity contribution in [2.45, 2.75) is 32.4 Å². The minimum Gasteiger partial charge on any atom is -0.466 e. The van der Waals surface area contributed by atoms with E-state index in [1.807, 2.05) is 30.3 Å². The molecule has 6 nitrogen and oxygen atoms in total. The van der Waals surface area contributed by atoms with Gasteiger partial charge in [-0.2, -0.15) is 0 Å². The smallest absolute Gasteiger partial charge is 0.376 e. The van der Waals surface area contributed by atoms with Crippen LogP contribution in [0.25, 0.3) is 0 Å². The summed E-state index contributed by atoms with van der Waals surface area (Å²) in [6.07, 6.45) is 0.788. The van der Waals surface area contributed by atoms with Gasteiger partial charge in [-0.15, -0.1) is 5.06 Å². The van der Waals surface area contributed by atoms with Crippen LogP contribution in [0, 0.1) is 5.41 Å². The molecule has 0 unspecified atom stereocenters. The van der Waals surface area contributed by atoms with Gasteiger partial charge in [0.2, 0.25) is 5.76 Å². The number of carbonyl (C=O) groups excluding carboxylic acids is 2. The summed E-state index contributed by atoms with van der Waals surface area (Å²) in [5.41, 5.74) is 1.02. The van der Waals surface area contributed by atoms with Crippen molar-refractivity contribution < 1.29 is 23.9 Å². The number of ether oxygens (including phenoxy) is 2. The first kappa shape index (κ1) is 16.5. The van der Waals surface area contributed by atoms with E-state index in [2.05, 4.69) is 13.8 Å². The van der Waals surface area contributed by atoms with Gasteiger partial charge in [-0.25, -0.2) is 9.59 Å². The van der Waals surface area contributed by atoms with Gasteiger partial charge < -0.3 is 14.3 Å². The third kappa shape index (κ3) is 2.47. The number of fused-ring (bicyclic) bond motifs is 1. The highest BCUT2D eigenvalue weighted by atomic mass is 16.7. The summed E-state index contributed by atoms with van der Waals surface area (Å²) < 4.78 is 9.67. The van der Waals surface area contributed by atoms with Gasteiger partial charge in [0.25, 0.3) is 0 Å². The lowest BCUT2D eigenvalue weighted by atomic mass is 9.79. The number of rotatable bonds is 3. The Kier molecular flexibility index (Phi) is 4.09. The van der Waals surface area contributed by atoms with E-state index >= 15 is 0 Å². The minimum absolute atomic E-state index is 0.0620. The number of hydroxylamine groups is 2. The zero-order valence-corrected chi connectivity index (χ0v) is 14.2. The largest absolute Gasteiger partial charge is 0.466 e. The normalized spacial score (nSPS) is 25.2. The average molecular weight is 331 g/mol. The Balaban J connectivity index is 2.06. The molecule has 1 aromatic rings. The summed E-state index contributed by atoms with van der Waals surface area (Å²) in [5.74, 6) is -1.32. The van der Waals surface area contributed by atoms with Crippen LogP contribution in [-0.2, 0) is 23.9 Å². The highest BCUT2D eigenvalue weighted by Crippen LogP contribution is 2.54. The van der Waals surface area contributed by atoms with E-state index in [0.29, 0.717) is 0 Å². The number of esters is 2. The van der Waals surface area contributed by atoms with E-state index in [0.717, 1.165) is 12.0 Å². The van der Waals surface area contributed by atoms with Gasteiger partial charge in [0.05, 0.1) is 26.3 Å². The molecule has 1 saturated heterocycles. The zero-order chi connectivity index (χ0) is 17.5. The van der Waals surface area contributed by atoms with Gasteiger partial charge >= 0.3 is 11.9 Å². The molecule has 0 amide bonds. The highest BCUT2D eigenvalue weighted by molar-refractivity contribution is 6.00. The summed E-state index contributed by atoms with van der Waals surface area (Å²) in [7, 11) is 2.56. The van der Waals surface area contributed by atoms with Crippen LogP contribution in [0.4, 0.5) is 0 Å². The molecule has 3 rings (SSSR count). The van der Waals surface area contributed by atoms with Crippen molar-refractivity contribution in [3.63, 3.8) is 0 Å². The lowest BCUT2D eigenvalue weighted by Crippen LogP contribution is -2.36.